The van der Waals surface area contributed by atoms with Crippen molar-refractivity contribution in [2.24, 2.45) is 0 Å². The SMILES string of the molecule is CC(C)(O)CC1(c2cc3c(cc2O)OCO3)C(=O)N(Cc2ccc(F)cc2)c2ccccc21. The van der Waals surface area contributed by atoms with Gasteiger partial charge in [0, 0.05) is 17.3 Å². The largest absolute Gasteiger partial charge is 0.507 e. The number of ether oxygens (including phenoxy) is 2. The minimum absolute atomic E-state index is 0.0257. The molecule has 0 fully saturated rings. The van der Waals surface area contributed by atoms with Crippen LogP contribution in [0.5, 0.6) is 17.2 Å². The molecule has 1 atom stereocenters. The maximum Gasteiger partial charge on any atom is 0.242 e. The molecule has 1 amide bonds. The fourth-order valence-electron chi connectivity index (χ4n) is 4.90. The van der Waals surface area contributed by atoms with E-state index >= 15 is 0 Å². The first kappa shape index (κ1) is 21.3. The summed E-state index contributed by atoms with van der Waals surface area (Å²) < 4.78 is 24.4. The number of aromatic hydroxyl groups is 1. The lowest BCUT2D eigenvalue weighted by Crippen LogP contribution is -2.45. The summed E-state index contributed by atoms with van der Waals surface area (Å²) in [5.41, 5.74) is -0.153. The van der Waals surface area contributed by atoms with E-state index in [4.69, 9.17) is 9.47 Å². The minimum atomic E-state index is -1.36. The third-order valence-electron chi connectivity index (χ3n) is 6.17. The molecule has 6 nitrogen and oxygen atoms in total. The van der Waals surface area contributed by atoms with Gasteiger partial charge in [-0.05, 0) is 55.7 Å². The van der Waals surface area contributed by atoms with Crippen LogP contribution in [-0.2, 0) is 16.8 Å². The van der Waals surface area contributed by atoms with Gasteiger partial charge in [-0.1, -0.05) is 30.3 Å². The lowest BCUT2D eigenvalue weighted by atomic mass is 9.68. The number of aliphatic hydroxyl groups is 1. The number of carbonyl (C=O) groups is 1. The number of carbonyl (C=O) groups excluding carboxylic acids is 1. The predicted octanol–water partition coefficient (Wildman–Crippen LogP) is 4.25. The number of anilines is 1. The number of fused-ring (bicyclic) bond motifs is 2. The molecule has 2 aliphatic rings. The molecule has 2 heterocycles. The quantitative estimate of drug-likeness (QED) is 0.609. The molecule has 3 aromatic rings. The lowest BCUT2D eigenvalue weighted by Gasteiger charge is -2.35. The topological polar surface area (TPSA) is 79.2 Å². The highest BCUT2D eigenvalue weighted by atomic mass is 19.1. The van der Waals surface area contributed by atoms with E-state index in [1.807, 2.05) is 24.3 Å². The van der Waals surface area contributed by atoms with Crippen LogP contribution in [0.2, 0.25) is 0 Å². The average molecular weight is 449 g/mol. The second kappa shape index (κ2) is 7.49. The van der Waals surface area contributed by atoms with Crippen molar-refractivity contribution in [3.63, 3.8) is 0 Å². The molecule has 2 aliphatic heterocycles. The van der Waals surface area contributed by atoms with Gasteiger partial charge in [-0.15, -0.1) is 0 Å². The summed E-state index contributed by atoms with van der Waals surface area (Å²) in [5.74, 6) is 0.0740. The number of phenolic OH excluding ortho intramolecular Hbond substituents is 1. The summed E-state index contributed by atoms with van der Waals surface area (Å²) in [6.07, 6.45) is 0.0307. The molecule has 33 heavy (non-hydrogen) atoms. The number of rotatable bonds is 5. The number of amides is 1. The Balaban J connectivity index is 1.71. The van der Waals surface area contributed by atoms with Crippen molar-refractivity contribution in [1.82, 2.24) is 0 Å². The van der Waals surface area contributed by atoms with E-state index in [0.29, 0.717) is 28.3 Å². The Morgan fingerprint density at radius 2 is 1.70 bits per heavy atom. The molecule has 5 rings (SSSR count). The van der Waals surface area contributed by atoms with Crippen LogP contribution in [0.25, 0.3) is 0 Å². The molecule has 2 N–H and O–H groups in total. The number of hydrogen-bond donors (Lipinski definition) is 2. The van der Waals surface area contributed by atoms with Crippen molar-refractivity contribution in [3.05, 3.63) is 83.2 Å². The Kier molecular flexibility index (Phi) is 4.83. The van der Waals surface area contributed by atoms with Gasteiger partial charge < -0.3 is 24.6 Å². The Morgan fingerprint density at radius 1 is 1.03 bits per heavy atom. The molecule has 0 radical (unpaired) electrons. The second-order valence-electron chi connectivity index (χ2n) is 9.15. The van der Waals surface area contributed by atoms with Gasteiger partial charge in [0.2, 0.25) is 12.7 Å². The number of phenols is 1. The highest BCUT2D eigenvalue weighted by Gasteiger charge is 2.55. The van der Waals surface area contributed by atoms with Gasteiger partial charge in [-0.2, -0.15) is 0 Å². The Bertz CT molecular complexity index is 1230. The molecule has 0 saturated heterocycles. The zero-order chi connectivity index (χ0) is 23.4. The monoisotopic (exact) mass is 449 g/mol. The third kappa shape index (κ3) is 3.49. The third-order valence-corrected chi connectivity index (χ3v) is 6.17. The van der Waals surface area contributed by atoms with E-state index in [1.54, 1.807) is 36.9 Å². The van der Waals surface area contributed by atoms with Crippen LogP contribution >= 0.6 is 0 Å². The zero-order valence-corrected chi connectivity index (χ0v) is 18.3. The summed E-state index contributed by atoms with van der Waals surface area (Å²) >= 11 is 0. The predicted molar refractivity (Wildman–Crippen MR) is 120 cm³/mol. The Morgan fingerprint density at radius 3 is 2.39 bits per heavy atom. The van der Waals surface area contributed by atoms with Crippen LogP contribution in [0.15, 0.2) is 60.7 Å². The number of hydrogen-bond acceptors (Lipinski definition) is 5. The maximum absolute atomic E-state index is 14.2. The van der Waals surface area contributed by atoms with Crippen LogP contribution in [0.1, 0.15) is 37.0 Å². The van der Waals surface area contributed by atoms with Crippen LogP contribution in [0, 0.1) is 5.82 Å². The molecule has 0 aliphatic carbocycles. The zero-order valence-electron chi connectivity index (χ0n) is 18.3. The van der Waals surface area contributed by atoms with Gasteiger partial charge in [0.15, 0.2) is 11.5 Å². The average Bonchev–Trinajstić information content (AvgIpc) is 3.30. The highest BCUT2D eigenvalue weighted by molar-refractivity contribution is 6.11. The van der Waals surface area contributed by atoms with Crippen LogP contribution in [-0.4, -0.2) is 28.5 Å². The summed E-state index contributed by atoms with van der Waals surface area (Å²) in [6, 6.07) is 16.4. The van der Waals surface area contributed by atoms with Crippen LogP contribution < -0.4 is 14.4 Å². The van der Waals surface area contributed by atoms with E-state index in [1.165, 1.54) is 18.2 Å². The van der Waals surface area contributed by atoms with E-state index in [2.05, 4.69) is 0 Å². The lowest BCUT2D eigenvalue weighted by molar-refractivity contribution is -0.124. The van der Waals surface area contributed by atoms with Crippen LogP contribution in [0.4, 0.5) is 10.1 Å². The molecule has 0 bridgehead atoms. The first-order valence-electron chi connectivity index (χ1n) is 10.7. The normalized spacial score (nSPS) is 19.2. The standard InChI is InChI=1S/C26H24FNO5/c1-25(2,31)14-26(19-11-22-23(12-21(19)29)33-15-32-22)18-5-3-4-6-20(18)28(24(26)30)13-16-7-9-17(27)10-8-16/h3-12,29,31H,13-15H2,1-2H3. The van der Waals surface area contributed by atoms with Gasteiger partial charge in [0.25, 0.3) is 0 Å². The van der Waals surface area contributed by atoms with Crippen molar-refractivity contribution >= 4 is 11.6 Å². The molecule has 0 aromatic heterocycles. The number of para-hydroxylation sites is 1. The molecule has 7 heteroatoms. The molecular weight excluding hydrogens is 425 g/mol. The molecule has 3 aromatic carbocycles. The fourth-order valence-corrected chi connectivity index (χ4v) is 4.90. The number of halogens is 1. The fraction of sp³-hybridized carbons (Fsp3) is 0.269. The van der Waals surface area contributed by atoms with Crippen molar-refractivity contribution < 1.29 is 28.9 Å². The van der Waals surface area contributed by atoms with Crippen molar-refractivity contribution in [2.45, 2.75) is 37.8 Å². The molecule has 0 spiro atoms. The molecule has 170 valence electrons. The number of benzene rings is 3. The van der Waals surface area contributed by atoms with E-state index in [0.717, 1.165) is 5.56 Å². The Hall–Kier alpha value is -3.58. The first-order valence-corrected chi connectivity index (χ1v) is 10.7. The molecular formula is C26H24FNO5. The van der Waals surface area contributed by atoms with Crippen molar-refractivity contribution in [1.29, 1.82) is 0 Å². The number of nitrogens with zero attached hydrogens (tertiary/aromatic N) is 1. The van der Waals surface area contributed by atoms with Gasteiger partial charge in [0.1, 0.15) is 17.0 Å². The molecule has 0 saturated carbocycles. The summed E-state index contributed by atoms with van der Waals surface area (Å²) in [4.78, 5) is 15.9. The van der Waals surface area contributed by atoms with Gasteiger partial charge in [-0.3, -0.25) is 4.79 Å². The van der Waals surface area contributed by atoms with Gasteiger partial charge in [0.05, 0.1) is 12.1 Å². The second-order valence-corrected chi connectivity index (χ2v) is 9.15. The van der Waals surface area contributed by atoms with E-state index < -0.39 is 11.0 Å². The maximum atomic E-state index is 14.2. The van der Waals surface area contributed by atoms with E-state index in [-0.39, 0.29) is 37.2 Å². The first-order chi connectivity index (χ1) is 15.7. The van der Waals surface area contributed by atoms with Crippen molar-refractivity contribution in [2.75, 3.05) is 11.7 Å². The van der Waals surface area contributed by atoms with Gasteiger partial charge >= 0.3 is 0 Å². The van der Waals surface area contributed by atoms with Crippen molar-refractivity contribution in [3.8, 4) is 17.2 Å². The molecule has 1 unspecified atom stereocenters. The Labute approximate surface area is 190 Å². The minimum Gasteiger partial charge on any atom is -0.507 e. The smallest absolute Gasteiger partial charge is 0.242 e. The highest BCUT2D eigenvalue weighted by Crippen LogP contribution is 2.54. The van der Waals surface area contributed by atoms with Crippen LogP contribution in [0.3, 0.4) is 0 Å². The van der Waals surface area contributed by atoms with Gasteiger partial charge in [-0.25, -0.2) is 4.39 Å². The summed E-state index contributed by atoms with van der Waals surface area (Å²) in [5, 5.41) is 21.9. The van der Waals surface area contributed by atoms with E-state index in [9.17, 15) is 19.4 Å². The summed E-state index contributed by atoms with van der Waals surface area (Å²) in [7, 11) is 0. The summed E-state index contributed by atoms with van der Waals surface area (Å²) in [6.45, 7) is 3.52.